The van der Waals surface area contributed by atoms with E-state index in [2.05, 4.69) is 5.32 Å². The Labute approximate surface area is 160 Å². The van der Waals surface area contributed by atoms with E-state index in [-0.39, 0.29) is 10.7 Å². The van der Waals surface area contributed by atoms with E-state index >= 15 is 0 Å². The highest BCUT2D eigenvalue weighted by Crippen LogP contribution is 2.37. The molecule has 2 aromatic carbocycles. The number of amides is 3. The van der Waals surface area contributed by atoms with Gasteiger partial charge in [0.2, 0.25) is 11.8 Å². The molecule has 2 aromatic rings. The van der Waals surface area contributed by atoms with Gasteiger partial charge in [-0.2, -0.15) is 0 Å². The summed E-state index contributed by atoms with van der Waals surface area (Å²) in [6, 6.07) is 9.55. The van der Waals surface area contributed by atoms with E-state index in [0.717, 1.165) is 4.90 Å². The first-order valence-corrected chi connectivity index (χ1v) is 8.40. The molecule has 0 radical (unpaired) electrons. The first kappa shape index (κ1) is 18.7. The number of nitrogens with zero attached hydrogens (tertiary/aromatic N) is 1. The third kappa shape index (κ3) is 3.21. The fourth-order valence-corrected chi connectivity index (χ4v) is 3.21. The van der Waals surface area contributed by atoms with E-state index in [4.69, 9.17) is 21.1 Å². The summed E-state index contributed by atoms with van der Waals surface area (Å²) in [6.45, 7) is 0. The van der Waals surface area contributed by atoms with Gasteiger partial charge in [0.1, 0.15) is 17.4 Å². The number of anilines is 1. The zero-order chi connectivity index (χ0) is 19.7. The van der Waals surface area contributed by atoms with Crippen molar-refractivity contribution in [3.8, 4) is 11.5 Å². The number of benzene rings is 2. The predicted octanol–water partition coefficient (Wildman–Crippen LogP) is 2.69. The summed E-state index contributed by atoms with van der Waals surface area (Å²) in [5.41, 5.74) is 0.972. The zero-order valence-electron chi connectivity index (χ0n) is 14.9. The minimum Gasteiger partial charge on any atom is -0.495 e. The highest BCUT2D eigenvalue weighted by molar-refractivity contribution is 6.32. The molecule has 7 nitrogen and oxygen atoms in total. The van der Waals surface area contributed by atoms with Crippen LogP contribution in [0.3, 0.4) is 0 Å². The van der Waals surface area contributed by atoms with Crippen molar-refractivity contribution in [2.45, 2.75) is 5.92 Å². The van der Waals surface area contributed by atoms with Crippen molar-refractivity contribution >= 4 is 35.0 Å². The standard InChI is InChI=1S/C19H17ClN2O5/c1-22-18(24)11-7-5-4-6-10(11)16(19(22)25)17(23)21-13-8-12(20)14(26-2)9-15(13)27-3/h4-9,16H,1-3H3,(H,21,23). The van der Waals surface area contributed by atoms with Gasteiger partial charge in [-0.3, -0.25) is 19.3 Å². The largest absolute Gasteiger partial charge is 0.495 e. The zero-order valence-corrected chi connectivity index (χ0v) is 15.7. The highest BCUT2D eigenvalue weighted by Gasteiger charge is 2.41. The van der Waals surface area contributed by atoms with Gasteiger partial charge in [-0.05, 0) is 17.7 Å². The van der Waals surface area contributed by atoms with Crippen molar-refractivity contribution in [1.82, 2.24) is 4.90 Å². The summed E-state index contributed by atoms with van der Waals surface area (Å²) >= 11 is 6.13. The minimum atomic E-state index is -1.16. The summed E-state index contributed by atoms with van der Waals surface area (Å²) in [4.78, 5) is 38.8. The number of rotatable bonds is 4. The topological polar surface area (TPSA) is 84.9 Å². The van der Waals surface area contributed by atoms with Gasteiger partial charge in [0.05, 0.1) is 24.9 Å². The van der Waals surface area contributed by atoms with Gasteiger partial charge in [-0.25, -0.2) is 0 Å². The number of hydrogen-bond donors (Lipinski definition) is 1. The lowest BCUT2D eigenvalue weighted by Gasteiger charge is -2.29. The summed E-state index contributed by atoms with van der Waals surface area (Å²) in [7, 11) is 4.25. The van der Waals surface area contributed by atoms with E-state index in [1.165, 1.54) is 33.4 Å². The summed E-state index contributed by atoms with van der Waals surface area (Å²) in [6.07, 6.45) is 0. The van der Waals surface area contributed by atoms with Crippen LogP contribution in [0, 0.1) is 0 Å². The van der Waals surface area contributed by atoms with E-state index in [1.807, 2.05) is 0 Å². The van der Waals surface area contributed by atoms with Gasteiger partial charge < -0.3 is 14.8 Å². The Morgan fingerprint density at radius 1 is 1.11 bits per heavy atom. The van der Waals surface area contributed by atoms with Gasteiger partial charge in [0.15, 0.2) is 0 Å². The van der Waals surface area contributed by atoms with Crippen LogP contribution < -0.4 is 14.8 Å². The molecule has 0 fully saturated rings. The lowest BCUT2D eigenvalue weighted by molar-refractivity contribution is -0.134. The molecule has 0 aliphatic carbocycles. The van der Waals surface area contributed by atoms with Crippen LogP contribution in [0.2, 0.25) is 5.02 Å². The van der Waals surface area contributed by atoms with Crippen molar-refractivity contribution in [3.05, 3.63) is 52.5 Å². The lowest BCUT2D eigenvalue weighted by atomic mass is 9.88. The average molecular weight is 389 g/mol. The van der Waals surface area contributed by atoms with Gasteiger partial charge in [0, 0.05) is 18.7 Å². The van der Waals surface area contributed by atoms with E-state index in [0.29, 0.717) is 22.6 Å². The van der Waals surface area contributed by atoms with Crippen LogP contribution in [-0.4, -0.2) is 43.9 Å². The number of likely N-dealkylation sites (N-methyl/N-ethyl adjacent to an activating group) is 1. The lowest BCUT2D eigenvalue weighted by Crippen LogP contribution is -2.46. The Hall–Kier alpha value is -3.06. The van der Waals surface area contributed by atoms with Crippen LogP contribution in [-0.2, 0) is 9.59 Å². The maximum atomic E-state index is 12.9. The SMILES string of the molecule is COc1cc(OC)c(NC(=O)C2C(=O)N(C)C(=O)c3ccccc32)cc1Cl. The number of methoxy groups -OCH3 is 2. The number of hydrogen-bond acceptors (Lipinski definition) is 5. The van der Waals surface area contributed by atoms with Gasteiger partial charge in [-0.15, -0.1) is 0 Å². The summed E-state index contributed by atoms with van der Waals surface area (Å²) < 4.78 is 10.4. The van der Waals surface area contributed by atoms with Crippen LogP contribution in [0.5, 0.6) is 11.5 Å². The molecule has 1 N–H and O–H groups in total. The third-order valence-corrected chi connectivity index (χ3v) is 4.67. The monoisotopic (exact) mass is 388 g/mol. The van der Waals surface area contributed by atoms with E-state index in [1.54, 1.807) is 24.3 Å². The molecule has 1 atom stereocenters. The third-order valence-electron chi connectivity index (χ3n) is 4.38. The maximum absolute atomic E-state index is 12.9. The average Bonchev–Trinajstić information content (AvgIpc) is 2.66. The van der Waals surface area contributed by atoms with Crippen LogP contribution in [0.15, 0.2) is 36.4 Å². The number of imide groups is 1. The predicted molar refractivity (Wildman–Crippen MR) is 99.5 cm³/mol. The van der Waals surface area contributed by atoms with Crippen molar-refractivity contribution < 1.29 is 23.9 Å². The molecule has 1 heterocycles. The van der Waals surface area contributed by atoms with Gasteiger partial charge in [0.25, 0.3) is 5.91 Å². The Kier molecular flexibility index (Phi) is 5.05. The Morgan fingerprint density at radius 3 is 2.44 bits per heavy atom. The second kappa shape index (κ2) is 7.28. The van der Waals surface area contributed by atoms with Crippen molar-refractivity contribution in [2.75, 3.05) is 26.6 Å². The molecule has 0 bridgehead atoms. The van der Waals surface area contributed by atoms with Gasteiger partial charge in [-0.1, -0.05) is 29.8 Å². The van der Waals surface area contributed by atoms with Crippen LogP contribution in [0.25, 0.3) is 0 Å². The minimum absolute atomic E-state index is 0.274. The molecule has 1 aliphatic heterocycles. The smallest absolute Gasteiger partial charge is 0.260 e. The fraction of sp³-hybridized carbons (Fsp3) is 0.211. The van der Waals surface area contributed by atoms with E-state index in [9.17, 15) is 14.4 Å². The summed E-state index contributed by atoms with van der Waals surface area (Å²) in [5.74, 6) is -2.08. The maximum Gasteiger partial charge on any atom is 0.260 e. The molecular weight excluding hydrogens is 372 g/mol. The molecule has 140 valence electrons. The molecule has 0 saturated heterocycles. The van der Waals surface area contributed by atoms with Crippen LogP contribution >= 0.6 is 11.6 Å². The summed E-state index contributed by atoms with van der Waals surface area (Å²) in [5, 5.41) is 2.94. The highest BCUT2D eigenvalue weighted by atomic mass is 35.5. The number of fused-ring (bicyclic) bond motifs is 1. The number of nitrogens with one attached hydrogen (secondary N) is 1. The van der Waals surface area contributed by atoms with Crippen molar-refractivity contribution in [2.24, 2.45) is 0 Å². The Morgan fingerprint density at radius 2 is 1.78 bits per heavy atom. The van der Waals surface area contributed by atoms with Gasteiger partial charge >= 0.3 is 0 Å². The van der Waals surface area contributed by atoms with Crippen LogP contribution in [0.1, 0.15) is 21.8 Å². The van der Waals surface area contributed by atoms with Crippen molar-refractivity contribution in [1.29, 1.82) is 0 Å². The molecule has 0 aromatic heterocycles. The molecule has 0 saturated carbocycles. The first-order chi connectivity index (χ1) is 12.9. The first-order valence-electron chi connectivity index (χ1n) is 8.02. The number of halogens is 1. The normalized spacial score (nSPS) is 16.0. The van der Waals surface area contributed by atoms with Crippen molar-refractivity contribution in [3.63, 3.8) is 0 Å². The Bertz CT molecular complexity index is 944. The molecule has 3 amide bonds. The Balaban J connectivity index is 1.99. The van der Waals surface area contributed by atoms with E-state index < -0.39 is 23.6 Å². The molecule has 27 heavy (non-hydrogen) atoms. The van der Waals surface area contributed by atoms with Crippen LogP contribution in [0.4, 0.5) is 5.69 Å². The molecule has 3 rings (SSSR count). The molecular formula is C19H17ClN2O5. The molecule has 1 aliphatic rings. The number of ether oxygens (including phenoxy) is 2. The quantitative estimate of drug-likeness (QED) is 0.643. The second-order valence-corrected chi connectivity index (χ2v) is 6.31. The molecule has 0 spiro atoms. The molecule has 1 unspecified atom stereocenters. The second-order valence-electron chi connectivity index (χ2n) is 5.90. The molecule has 8 heteroatoms. The number of carbonyl (C=O) groups excluding carboxylic acids is 3. The number of carbonyl (C=O) groups is 3. The fourth-order valence-electron chi connectivity index (χ4n) is 2.97.